The molecular weight excluding hydrogens is 1180 g/mol. The molecule has 0 radical (unpaired) electrons. The Labute approximate surface area is 538 Å². The molecular formula is C70H108O19S. The zero-order valence-electron chi connectivity index (χ0n) is 55.8. The summed E-state index contributed by atoms with van der Waals surface area (Å²) in [6.07, 6.45) is 23.8. The van der Waals surface area contributed by atoms with Gasteiger partial charge in [-0.2, -0.15) is 0 Å². The van der Waals surface area contributed by atoms with E-state index < -0.39 is 36.9 Å². The molecule has 32 unspecified atom stereocenters. The molecule has 22 aliphatic rings. The lowest BCUT2D eigenvalue weighted by Crippen LogP contribution is -2.42. The Morgan fingerprint density at radius 1 is 0.267 bits per heavy atom. The Hall–Kier alpha value is -4.07. The highest BCUT2D eigenvalue weighted by Gasteiger charge is 2.71. The van der Waals surface area contributed by atoms with E-state index in [1.807, 2.05) is 67.2 Å². The Morgan fingerprint density at radius 2 is 0.478 bits per heavy atom. The molecule has 16 bridgehead atoms. The number of fused-ring (bicyclic) bond motifs is 44. The van der Waals surface area contributed by atoms with Crippen LogP contribution < -0.4 is 0 Å². The molecule has 12 saturated carbocycles. The van der Waals surface area contributed by atoms with Gasteiger partial charge in [0.15, 0.2) is 24.4 Å². The van der Waals surface area contributed by atoms with Crippen LogP contribution in [0, 0.1) is 94.7 Å². The largest absolute Gasteiger partial charge is 0.509 e. The molecule has 10 saturated heterocycles. The van der Waals surface area contributed by atoms with Gasteiger partial charge in [-0.25, -0.2) is 28.8 Å². The second kappa shape index (κ2) is 28.9. The topological polar surface area (TPSA) is 222 Å². The zero-order valence-corrected chi connectivity index (χ0v) is 56.6. The molecule has 32 atom stereocenters. The van der Waals surface area contributed by atoms with Gasteiger partial charge in [-0.3, -0.25) is 0 Å². The summed E-state index contributed by atoms with van der Waals surface area (Å²) >= 11 is 1.92. The van der Waals surface area contributed by atoms with Gasteiger partial charge in [-0.05, 0) is 163 Å². The van der Waals surface area contributed by atoms with Crippen molar-refractivity contribution in [1.82, 2.24) is 0 Å². The van der Waals surface area contributed by atoms with Gasteiger partial charge in [0, 0.05) is 57.8 Å². The average molecular weight is 1290 g/mol. The van der Waals surface area contributed by atoms with Crippen molar-refractivity contribution in [3.8, 4) is 0 Å². The lowest BCUT2D eigenvalue weighted by atomic mass is 9.69. The normalized spacial score (nSPS) is 49.1. The molecule has 508 valence electrons. The molecule has 0 N–H and O–H groups in total. The number of rotatable bonds is 0. The van der Waals surface area contributed by atoms with Crippen molar-refractivity contribution in [3.05, 3.63) is 0 Å². The second-order valence-corrected chi connectivity index (χ2v) is 29.7. The molecule has 0 aromatic carbocycles. The van der Waals surface area contributed by atoms with Crippen molar-refractivity contribution in [1.29, 1.82) is 0 Å². The van der Waals surface area contributed by atoms with Crippen molar-refractivity contribution in [2.75, 3.05) is 0 Å². The van der Waals surface area contributed by atoms with Crippen molar-refractivity contribution in [3.63, 3.8) is 0 Å². The Balaban J connectivity index is 0.000000108. The summed E-state index contributed by atoms with van der Waals surface area (Å²) in [4.78, 5) is 65.3. The third kappa shape index (κ3) is 12.2. The minimum absolute atomic E-state index is 0.0752. The quantitative estimate of drug-likeness (QED) is 0.125. The van der Waals surface area contributed by atoms with Crippen LogP contribution in [0.25, 0.3) is 0 Å². The van der Waals surface area contributed by atoms with Crippen molar-refractivity contribution < 1.29 is 90.3 Å². The Kier molecular flexibility index (Phi) is 21.6. The first kappa shape index (κ1) is 67.4. The van der Waals surface area contributed by atoms with Crippen LogP contribution in [0.1, 0.15) is 212 Å². The summed E-state index contributed by atoms with van der Waals surface area (Å²) in [5.74, 6) is 12.3. The van der Waals surface area contributed by atoms with E-state index in [1.165, 1.54) is 116 Å². The number of hydrogen-bond donors (Lipinski definition) is 0. The van der Waals surface area contributed by atoms with Crippen LogP contribution in [0.4, 0.5) is 28.8 Å². The molecule has 0 aromatic rings. The molecule has 19 nitrogen and oxygen atoms in total. The van der Waals surface area contributed by atoms with Crippen LogP contribution in [0.3, 0.4) is 0 Å². The fraction of sp³-hybridized carbons (Fsp3) is 0.914. The molecule has 12 aliphatic carbocycles. The smallest absolute Gasteiger partial charge is 0.427 e. The molecule has 20 heteroatoms. The molecule has 22 fully saturated rings. The van der Waals surface area contributed by atoms with E-state index in [0.717, 1.165) is 60.2 Å². The highest BCUT2D eigenvalue weighted by molar-refractivity contribution is 8.01. The van der Waals surface area contributed by atoms with Gasteiger partial charge in [0.2, 0.25) is 0 Å². The third-order valence-corrected chi connectivity index (χ3v) is 25.8. The van der Waals surface area contributed by atoms with Gasteiger partial charge in [-0.15, -0.1) is 11.8 Å². The minimum Gasteiger partial charge on any atom is -0.427 e. The molecule has 0 spiro atoms. The SMILES string of the molecule is CC.CC.CC.CC.CCC.CCC.O=C1OC2C3CC(C2O1)C1C2CCC(C2)C31.O=C1OC2C3CC(C2O1)C1C2CCC(C2)C31.O=C1OC2C3CCC(C3)C2O1.O=C1OC2C3CCC(C3)C2O1.O=C1OC2C3CCC(O3)C2O1.O=C1OC2C3CCC(S3)C2O1. The van der Waals surface area contributed by atoms with E-state index in [2.05, 4.69) is 27.7 Å². The highest BCUT2D eigenvalue weighted by Crippen LogP contribution is 2.70. The van der Waals surface area contributed by atoms with Gasteiger partial charge in [0.25, 0.3) is 0 Å². The third-order valence-electron chi connectivity index (χ3n) is 24.1. The summed E-state index contributed by atoms with van der Waals surface area (Å²) in [5, 5.41) is 1.05. The van der Waals surface area contributed by atoms with E-state index in [9.17, 15) is 28.8 Å². The number of thioether (sulfide) groups is 1. The predicted octanol–water partition coefficient (Wildman–Crippen LogP) is 15.6. The molecule has 10 heterocycles. The highest BCUT2D eigenvalue weighted by atomic mass is 32.2. The first-order valence-corrected chi connectivity index (χ1v) is 37.3. The first-order chi connectivity index (χ1) is 43.9. The predicted molar refractivity (Wildman–Crippen MR) is 331 cm³/mol. The maximum absolute atomic E-state index is 11.2. The van der Waals surface area contributed by atoms with Gasteiger partial charge in [0.1, 0.15) is 48.8 Å². The van der Waals surface area contributed by atoms with E-state index in [1.54, 1.807) is 0 Å². The van der Waals surface area contributed by atoms with Crippen LogP contribution >= 0.6 is 11.8 Å². The maximum Gasteiger partial charge on any atom is 0.509 e. The monoisotopic (exact) mass is 1280 g/mol. The molecule has 0 amide bonds. The lowest BCUT2D eigenvalue weighted by Gasteiger charge is -2.38. The van der Waals surface area contributed by atoms with Crippen molar-refractivity contribution in [2.24, 2.45) is 94.7 Å². The number of carbonyl (C=O) groups is 6. The molecule has 22 rings (SSSR count). The minimum atomic E-state index is -0.528. The van der Waals surface area contributed by atoms with Crippen LogP contribution in [0.5, 0.6) is 0 Å². The fourth-order valence-corrected chi connectivity index (χ4v) is 23.6. The first-order valence-electron chi connectivity index (χ1n) is 36.4. The summed E-state index contributed by atoms with van der Waals surface area (Å²) in [6.45, 7) is 24.5. The molecule has 90 heavy (non-hydrogen) atoms. The molecule has 0 aromatic heterocycles. The Bertz CT molecular complexity index is 2100. The van der Waals surface area contributed by atoms with Crippen LogP contribution in [-0.2, 0) is 61.6 Å². The lowest BCUT2D eigenvalue weighted by molar-refractivity contribution is 0.00878. The van der Waals surface area contributed by atoms with E-state index >= 15 is 0 Å². The van der Waals surface area contributed by atoms with Gasteiger partial charge in [-0.1, -0.05) is 95.9 Å². The van der Waals surface area contributed by atoms with Crippen molar-refractivity contribution >= 4 is 48.7 Å². The molecule has 10 aliphatic heterocycles. The summed E-state index contributed by atoms with van der Waals surface area (Å²) in [7, 11) is 0. The average Bonchev–Trinajstić information content (AvgIpc) is 1.55. The van der Waals surface area contributed by atoms with E-state index in [-0.39, 0.29) is 85.5 Å². The summed E-state index contributed by atoms with van der Waals surface area (Å²) < 4.78 is 67.2. The number of hydrogen-bond acceptors (Lipinski definition) is 20. The second-order valence-electron chi connectivity index (χ2n) is 28.3. The van der Waals surface area contributed by atoms with Crippen LogP contribution in [0.2, 0.25) is 0 Å². The van der Waals surface area contributed by atoms with E-state index in [4.69, 9.17) is 61.6 Å². The summed E-state index contributed by atoms with van der Waals surface area (Å²) in [6, 6.07) is 0. The van der Waals surface area contributed by atoms with Crippen molar-refractivity contribution in [2.45, 2.75) is 307 Å². The number of carbonyl (C=O) groups excluding carboxylic acids is 6. The maximum atomic E-state index is 11.2. The fourth-order valence-electron chi connectivity index (χ4n) is 21.9. The zero-order chi connectivity index (χ0) is 64.0. The van der Waals surface area contributed by atoms with E-state index in [0.29, 0.717) is 57.8 Å². The van der Waals surface area contributed by atoms with Crippen LogP contribution in [-0.4, -0.2) is 133 Å². The van der Waals surface area contributed by atoms with Gasteiger partial charge < -0.3 is 61.6 Å². The Morgan fingerprint density at radius 3 is 0.744 bits per heavy atom. The van der Waals surface area contributed by atoms with Gasteiger partial charge in [0.05, 0.1) is 12.2 Å². The summed E-state index contributed by atoms with van der Waals surface area (Å²) in [5.41, 5.74) is 0. The van der Waals surface area contributed by atoms with Crippen LogP contribution in [0.15, 0.2) is 0 Å². The number of ether oxygens (including phenoxy) is 13. The standard InChI is InChI=1S/2C13H16O3.2C8H10O3.C7H8O4.C7H8O3S.2C3H8.4C2H6/c2*14-13-15-11-7-4-8(12(11)16-13)10-6-2-1-5(3-6)9(7)10;2*9-8-10-6-4-1-2-5(3-4)7(6)11-8;8-7-10-5-3-1-2-4(9-3)6(5)11-7;8-7-9-5-3-1-2-4(11-3)6(5)10-7;2*1-3-2;4*1-2/h2*5-12H,1-4H2;2*4-7H,1-3H2;2*3-6H,1-2H2;2*3H2,1-2H3;4*1-2H3. The van der Waals surface area contributed by atoms with Gasteiger partial charge >= 0.3 is 36.9 Å².